The summed E-state index contributed by atoms with van der Waals surface area (Å²) < 4.78 is 34.2. The highest BCUT2D eigenvalue weighted by Crippen LogP contribution is 2.27. The Morgan fingerprint density at radius 3 is 2.37 bits per heavy atom. The van der Waals surface area contributed by atoms with Crippen LogP contribution in [-0.4, -0.2) is 41.4 Å². The van der Waals surface area contributed by atoms with Gasteiger partial charge in [0.05, 0.1) is 4.90 Å². The zero-order valence-electron chi connectivity index (χ0n) is 20.8. The van der Waals surface area contributed by atoms with Crippen molar-refractivity contribution in [3.8, 4) is 22.8 Å². The Hall–Kier alpha value is -3.53. The van der Waals surface area contributed by atoms with Crippen molar-refractivity contribution >= 4 is 27.5 Å². The van der Waals surface area contributed by atoms with Gasteiger partial charge >= 0.3 is 0 Å². The Bertz CT molecular complexity index is 1520. The van der Waals surface area contributed by atoms with Crippen LogP contribution in [0.4, 0.5) is 0 Å². The molecule has 1 N–H and O–H groups in total. The molecule has 0 unspecified atom stereocenters. The Labute approximate surface area is 226 Å². The van der Waals surface area contributed by atoms with Crippen molar-refractivity contribution in [1.29, 1.82) is 0 Å². The summed E-state index contributed by atoms with van der Waals surface area (Å²) in [5.41, 5.74) is 3.42. The largest absolute Gasteiger partial charge is 0.355 e. The van der Waals surface area contributed by atoms with Crippen LogP contribution in [0.25, 0.3) is 22.8 Å². The molecule has 196 valence electrons. The van der Waals surface area contributed by atoms with E-state index in [1.54, 1.807) is 0 Å². The zero-order chi connectivity index (χ0) is 26.7. The lowest BCUT2D eigenvalue weighted by atomic mass is 10.1. The molecule has 10 heteroatoms. The van der Waals surface area contributed by atoms with Crippen molar-refractivity contribution < 1.29 is 17.7 Å². The molecule has 1 saturated heterocycles. The van der Waals surface area contributed by atoms with Gasteiger partial charge in [-0.1, -0.05) is 58.7 Å². The molecule has 1 aliphatic rings. The quantitative estimate of drug-likeness (QED) is 0.338. The number of carbonyl (C=O) groups excluding carboxylic acids is 1. The number of rotatable bonds is 7. The summed E-state index contributed by atoms with van der Waals surface area (Å²) in [6.45, 7) is 2.58. The van der Waals surface area contributed by atoms with Gasteiger partial charge in [0.25, 0.3) is 5.89 Å². The van der Waals surface area contributed by atoms with Crippen molar-refractivity contribution in [3.05, 3.63) is 88.9 Å². The molecule has 0 bridgehead atoms. The molecule has 3 aromatic carbocycles. The van der Waals surface area contributed by atoms with Gasteiger partial charge in [0.1, 0.15) is 6.04 Å². The van der Waals surface area contributed by atoms with Gasteiger partial charge in [0.2, 0.25) is 21.8 Å². The first-order valence-electron chi connectivity index (χ1n) is 12.4. The fraction of sp³-hybridized carbons (Fsp3) is 0.250. The topological polar surface area (TPSA) is 105 Å². The molecule has 0 saturated carbocycles. The molecule has 38 heavy (non-hydrogen) atoms. The smallest absolute Gasteiger partial charge is 0.258 e. The number of amides is 1. The number of hydrogen-bond donors (Lipinski definition) is 1. The van der Waals surface area contributed by atoms with Crippen molar-refractivity contribution in [2.45, 2.75) is 43.7 Å². The van der Waals surface area contributed by atoms with E-state index in [1.807, 2.05) is 55.5 Å². The Balaban J connectivity index is 1.42. The van der Waals surface area contributed by atoms with Gasteiger partial charge in [0.15, 0.2) is 0 Å². The molecule has 5 rings (SSSR count). The lowest BCUT2D eigenvalue weighted by Gasteiger charge is -2.29. The molecule has 1 atom stereocenters. The van der Waals surface area contributed by atoms with Gasteiger partial charge in [-0.25, -0.2) is 8.42 Å². The van der Waals surface area contributed by atoms with E-state index < -0.39 is 16.1 Å². The molecule has 0 radical (unpaired) electrons. The second-order valence-electron chi connectivity index (χ2n) is 9.29. The number of nitrogens with zero attached hydrogens (tertiary/aromatic N) is 3. The van der Waals surface area contributed by atoms with Crippen LogP contribution in [0.3, 0.4) is 0 Å². The van der Waals surface area contributed by atoms with E-state index in [-0.39, 0.29) is 17.3 Å². The third kappa shape index (κ3) is 5.65. The van der Waals surface area contributed by atoms with Gasteiger partial charge in [0, 0.05) is 29.2 Å². The second kappa shape index (κ2) is 11.1. The molecule has 1 aromatic heterocycles. The molecule has 8 nitrogen and oxygen atoms in total. The molecule has 1 aliphatic heterocycles. The third-order valence-electron chi connectivity index (χ3n) is 6.55. The number of nitrogens with one attached hydrogen (secondary N) is 1. The summed E-state index contributed by atoms with van der Waals surface area (Å²) in [6, 6.07) is 20.3. The van der Waals surface area contributed by atoms with Crippen LogP contribution in [0, 0.1) is 6.92 Å². The summed E-state index contributed by atoms with van der Waals surface area (Å²) in [5, 5.41) is 7.37. The summed E-state index contributed by atoms with van der Waals surface area (Å²) >= 11 is 5.98. The fourth-order valence-electron chi connectivity index (χ4n) is 4.40. The van der Waals surface area contributed by atoms with Crippen LogP contribution in [0.15, 0.2) is 82.2 Å². The summed E-state index contributed by atoms with van der Waals surface area (Å²) in [5.74, 6) is 0.566. The van der Waals surface area contributed by atoms with Gasteiger partial charge in [-0.2, -0.15) is 9.29 Å². The zero-order valence-corrected chi connectivity index (χ0v) is 22.4. The predicted octanol–water partition coefficient (Wildman–Crippen LogP) is 5.23. The number of carbonyl (C=O) groups is 1. The number of sulfonamides is 1. The minimum Gasteiger partial charge on any atom is -0.355 e. The fourth-order valence-corrected chi connectivity index (χ4v) is 6.13. The van der Waals surface area contributed by atoms with Crippen molar-refractivity contribution in [3.63, 3.8) is 0 Å². The molecule has 2 heterocycles. The first kappa shape index (κ1) is 26.1. The maximum absolute atomic E-state index is 13.7. The van der Waals surface area contributed by atoms with Crippen molar-refractivity contribution in [2.75, 3.05) is 6.54 Å². The molecule has 0 aliphatic carbocycles. The number of benzene rings is 3. The molecular formula is C28H27ClN4O4S. The summed E-state index contributed by atoms with van der Waals surface area (Å²) in [4.78, 5) is 17.5. The summed E-state index contributed by atoms with van der Waals surface area (Å²) in [6.07, 6.45) is 2.00. The minimum atomic E-state index is -3.98. The first-order valence-corrected chi connectivity index (χ1v) is 14.2. The maximum atomic E-state index is 13.7. The van der Waals surface area contributed by atoms with E-state index in [1.165, 1.54) is 28.6 Å². The van der Waals surface area contributed by atoms with Crippen molar-refractivity contribution in [2.24, 2.45) is 0 Å². The first-order chi connectivity index (χ1) is 18.3. The average Bonchev–Trinajstić information content (AvgIpc) is 3.31. The lowest BCUT2D eigenvalue weighted by Crippen LogP contribution is -2.48. The van der Waals surface area contributed by atoms with Gasteiger partial charge in [-0.3, -0.25) is 4.79 Å². The monoisotopic (exact) mass is 550 g/mol. The molecule has 1 amide bonds. The minimum absolute atomic E-state index is 0.0295. The number of aryl methyl sites for hydroxylation is 1. The lowest BCUT2D eigenvalue weighted by molar-refractivity contribution is -0.124. The number of aromatic nitrogens is 2. The summed E-state index contributed by atoms with van der Waals surface area (Å²) in [7, 11) is -3.98. The third-order valence-corrected chi connectivity index (χ3v) is 8.67. The SMILES string of the molecule is Cc1ccc(-c2noc(-c3ccc(CN([C@@H]4CCCCNC4=O)S(=O)(=O)c4ccc(Cl)cc4)cc3)n2)cc1. The van der Waals surface area contributed by atoms with E-state index in [0.29, 0.717) is 35.3 Å². The number of halogens is 1. The van der Waals surface area contributed by atoms with Crippen LogP contribution in [-0.2, 0) is 21.4 Å². The predicted molar refractivity (Wildman–Crippen MR) is 145 cm³/mol. The molecule has 1 fully saturated rings. The highest BCUT2D eigenvalue weighted by Gasteiger charge is 2.36. The second-order valence-corrected chi connectivity index (χ2v) is 11.6. The van der Waals surface area contributed by atoms with Crippen LogP contribution in [0.5, 0.6) is 0 Å². The van der Waals surface area contributed by atoms with Gasteiger partial charge < -0.3 is 9.84 Å². The number of hydrogen-bond acceptors (Lipinski definition) is 6. The van der Waals surface area contributed by atoms with E-state index in [4.69, 9.17) is 16.1 Å². The Kier molecular flexibility index (Phi) is 7.60. The van der Waals surface area contributed by atoms with E-state index >= 15 is 0 Å². The normalized spacial score (nSPS) is 16.3. The highest BCUT2D eigenvalue weighted by molar-refractivity contribution is 7.89. The van der Waals surface area contributed by atoms with E-state index in [9.17, 15) is 13.2 Å². The van der Waals surface area contributed by atoms with Gasteiger partial charge in [-0.05, 0) is 68.1 Å². The van der Waals surface area contributed by atoms with Crippen molar-refractivity contribution in [1.82, 2.24) is 19.8 Å². The maximum Gasteiger partial charge on any atom is 0.258 e. The standard InChI is InChI=1S/C28H27ClN4O4S/c1-19-5-9-21(10-6-19)26-31-28(37-32-26)22-11-7-20(8-12-22)18-33(25-4-2-3-17-30-27(25)34)38(35,36)24-15-13-23(29)14-16-24/h5-16,25H,2-4,17-18H2,1H3,(H,30,34)/t25-/m1/s1. The molecule has 0 spiro atoms. The van der Waals surface area contributed by atoms with E-state index in [2.05, 4.69) is 15.5 Å². The highest BCUT2D eigenvalue weighted by atomic mass is 35.5. The molecular weight excluding hydrogens is 524 g/mol. The molecule has 4 aromatic rings. The van der Waals surface area contributed by atoms with Crippen LogP contribution in [0.1, 0.15) is 30.4 Å². The van der Waals surface area contributed by atoms with Crippen LogP contribution in [0.2, 0.25) is 5.02 Å². The average molecular weight is 551 g/mol. The van der Waals surface area contributed by atoms with Crippen LogP contribution < -0.4 is 5.32 Å². The Morgan fingerprint density at radius 2 is 1.66 bits per heavy atom. The van der Waals surface area contributed by atoms with E-state index in [0.717, 1.165) is 29.5 Å². The van der Waals surface area contributed by atoms with Gasteiger partial charge in [-0.15, -0.1) is 0 Å². The Morgan fingerprint density at radius 1 is 0.974 bits per heavy atom. The van der Waals surface area contributed by atoms with Crippen LogP contribution >= 0.6 is 11.6 Å².